The van der Waals surface area contributed by atoms with Crippen LogP contribution in [0.4, 0.5) is 17.5 Å². The number of aromatic amines is 1. The summed E-state index contributed by atoms with van der Waals surface area (Å²) in [7, 11) is 0. The Morgan fingerprint density at radius 3 is 2.84 bits per heavy atom. The molecule has 1 aliphatic rings. The number of hydrogen-bond acceptors (Lipinski definition) is 5. The summed E-state index contributed by atoms with van der Waals surface area (Å²) < 4.78 is 0. The van der Waals surface area contributed by atoms with Crippen molar-refractivity contribution in [3.8, 4) is 0 Å². The van der Waals surface area contributed by atoms with E-state index < -0.39 is 0 Å². The minimum atomic E-state index is 0.782. The van der Waals surface area contributed by atoms with Gasteiger partial charge in [0.15, 0.2) is 0 Å². The fourth-order valence-electron chi connectivity index (χ4n) is 2.22. The first-order chi connectivity index (χ1) is 9.31. The van der Waals surface area contributed by atoms with Gasteiger partial charge in [0.1, 0.15) is 23.3 Å². The Balaban J connectivity index is 1.82. The van der Waals surface area contributed by atoms with E-state index in [4.69, 9.17) is 0 Å². The molecule has 1 fully saturated rings. The van der Waals surface area contributed by atoms with Crippen molar-refractivity contribution in [3.63, 3.8) is 0 Å². The van der Waals surface area contributed by atoms with Crippen LogP contribution >= 0.6 is 0 Å². The Morgan fingerprint density at radius 2 is 2.11 bits per heavy atom. The second-order valence-electron chi connectivity index (χ2n) is 4.60. The van der Waals surface area contributed by atoms with Gasteiger partial charge in [-0.1, -0.05) is 0 Å². The van der Waals surface area contributed by atoms with Crippen molar-refractivity contribution in [3.05, 3.63) is 30.2 Å². The minimum absolute atomic E-state index is 0.782. The van der Waals surface area contributed by atoms with Gasteiger partial charge < -0.3 is 20.5 Å². The molecule has 100 valence electrons. The van der Waals surface area contributed by atoms with E-state index in [1.165, 1.54) is 0 Å². The fourth-order valence-corrected chi connectivity index (χ4v) is 2.22. The highest BCUT2D eigenvalue weighted by Crippen LogP contribution is 2.19. The lowest BCUT2D eigenvalue weighted by molar-refractivity contribution is 0.584. The standard InChI is InChI=1S/C13H18N6/c1-10-16-12(18-11-3-2-4-15-11)9-13(17-10)19-7-5-14-6-8-19/h2-4,9,14-15H,5-8H2,1H3,(H,16,17,18). The van der Waals surface area contributed by atoms with Crippen LogP contribution < -0.4 is 15.5 Å². The Kier molecular flexibility index (Phi) is 3.33. The molecule has 0 aliphatic carbocycles. The van der Waals surface area contributed by atoms with Crippen molar-refractivity contribution in [2.24, 2.45) is 0 Å². The molecule has 0 saturated carbocycles. The molecular formula is C13H18N6. The number of aromatic nitrogens is 3. The number of nitrogens with zero attached hydrogens (tertiary/aromatic N) is 3. The second kappa shape index (κ2) is 5.27. The van der Waals surface area contributed by atoms with E-state index in [2.05, 4.69) is 30.5 Å². The zero-order chi connectivity index (χ0) is 13.1. The van der Waals surface area contributed by atoms with Crippen LogP contribution in [-0.4, -0.2) is 41.1 Å². The predicted molar refractivity (Wildman–Crippen MR) is 75.9 cm³/mol. The summed E-state index contributed by atoms with van der Waals surface area (Å²) in [6.07, 6.45) is 1.88. The average Bonchev–Trinajstić information content (AvgIpc) is 2.92. The number of piperazine rings is 1. The van der Waals surface area contributed by atoms with Crippen LogP contribution in [0.1, 0.15) is 5.82 Å². The second-order valence-corrected chi connectivity index (χ2v) is 4.60. The predicted octanol–water partition coefficient (Wildman–Crippen LogP) is 1.27. The Labute approximate surface area is 112 Å². The average molecular weight is 258 g/mol. The highest BCUT2D eigenvalue weighted by Gasteiger charge is 2.13. The number of rotatable bonds is 3. The van der Waals surface area contributed by atoms with Crippen molar-refractivity contribution in [2.45, 2.75) is 6.92 Å². The van der Waals surface area contributed by atoms with Gasteiger partial charge in [-0.15, -0.1) is 0 Å². The molecule has 0 radical (unpaired) electrons. The zero-order valence-electron chi connectivity index (χ0n) is 11.0. The number of aryl methyl sites for hydroxylation is 1. The van der Waals surface area contributed by atoms with E-state index in [0.29, 0.717) is 0 Å². The third-order valence-electron chi connectivity index (χ3n) is 3.13. The summed E-state index contributed by atoms with van der Waals surface area (Å²) in [6.45, 7) is 5.90. The zero-order valence-corrected chi connectivity index (χ0v) is 11.0. The van der Waals surface area contributed by atoms with Crippen LogP contribution in [0.25, 0.3) is 0 Å². The van der Waals surface area contributed by atoms with Crippen LogP contribution in [0.15, 0.2) is 24.4 Å². The van der Waals surface area contributed by atoms with Crippen LogP contribution in [-0.2, 0) is 0 Å². The van der Waals surface area contributed by atoms with Crippen LogP contribution in [0.5, 0.6) is 0 Å². The molecule has 3 rings (SSSR count). The number of anilines is 3. The smallest absolute Gasteiger partial charge is 0.137 e. The molecule has 2 aromatic heterocycles. The molecule has 2 aromatic rings. The lowest BCUT2D eigenvalue weighted by Crippen LogP contribution is -2.44. The molecule has 1 saturated heterocycles. The highest BCUT2D eigenvalue weighted by molar-refractivity contribution is 5.57. The maximum absolute atomic E-state index is 4.52. The summed E-state index contributed by atoms with van der Waals surface area (Å²) >= 11 is 0. The molecule has 1 aliphatic heterocycles. The number of nitrogens with one attached hydrogen (secondary N) is 3. The van der Waals surface area contributed by atoms with Crippen molar-refractivity contribution in [2.75, 3.05) is 36.4 Å². The molecule has 0 atom stereocenters. The molecule has 6 heteroatoms. The van der Waals surface area contributed by atoms with E-state index >= 15 is 0 Å². The monoisotopic (exact) mass is 258 g/mol. The SMILES string of the molecule is Cc1nc(Nc2ccc[nH]2)cc(N2CCNCC2)n1. The van der Waals surface area contributed by atoms with Gasteiger partial charge in [-0.25, -0.2) is 9.97 Å². The maximum atomic E-state index is 4.52. The molecule has 0 bridgehead atoms. The van der Waals surface area contributed by atoms with Crippen molar-refractivity contribution in [1.82, 2.24) is 20.3 Å². The molecule has 0 unspecified atom stereocenters. The lowest BCUT2D eigenvalue weighted by atomic mass is 10.3. The number of H-pyrrole nitrogens is 1. The molecular weight excluding hydrogens is 240 g/mol. The summed E-state index contributed by atoms with van der Waals surface area (Å²) in [5.41, 5.74) is 0. The van der Waals surface area contributed by atoms with Crippen LogP contribution in [0.3, 0.4) is 0 Å². The topological polar surface area (TPSA) is 68.9 Å². The normalized spacial score (nSPS) is 15.5. The summed E-state index contributed by atoms with van der Waals surface area (Å²) in [5.74, 6) is 3.53. The Hall–Kier alpha value is -2.08. The van der Waals surface area contributed by atoms with Crippen LogP contribution in [0, 0.1) is 6.92 Å². The first kappa shape index (κ1) is 12.0. The van der Waals surface area contributed by atoms with Crippen LogP contribution in [0.2, 0.25) is 0 Å². The first-order valence-corrected chi connectivity index (χ1v) is 6.53. The first-order valence-electron chi connectivity index (χ1n) is 6.53. The minimum Gasteiger partial charge on any atom is -0.354 e. The maximum Gasteiger partial charge on any atom is 0.137 e. The molecule has 0 aromatic carbocycles. The fraction of sp³-hybridized carbons (Fsp3) is 0.385. The van der Waals surface area contributed by atoms with Gasteiger partial charge in [-0.2, -0.15) is 0 Å². The summed E-state index contributed by atoms with van der Waals surface area (Å²) in [5, 5.41) is 6.60. The third-order valence-corrected chi connectivity index (χ3v) is 3.13. The van der Waals surface area contributed by atoms with Crippen molar-refractivity contribution < 1.29 is 0 Å². The van der Waals surface area contributed by atoms with E-state index in [1.54, 1.807) is 0 Å². The van der Waals surface area contributed by atoms with Gasteiger partial charge in [-0.05, 0) is 19.1 Å². The van der Waals surface area contributed by atoms with E-state index in [-0.39, 0.29) is 0 Å². The molecule has 3 N–H and O–H groups in total. The van der Waals surface area contributed by atoms with Gasteiger partial charge in [0.2, 0.25) is 0 Å². The van der Waals surface area contributed by atoms with Gasteiger partial charge in [0.25, 0.3) is 0 Å². The summed E-state index contributed by atoms with van der Waals surface area (Å²) in [4.78, 5) is 14.3. The van der Waals surface area contributed by atoms with Crippen molar-refractivity contribution >= 4 is 17.5 Å². The van der Waals surface area contributed by atoms with Gasteiger partial charge in [-0.3, -0.25) is 0 Å². The highest BCUT2D eigenvalue weighted by atomic mass is 15.2. The Morgan fingerprint density at radius 1 is 1.26 bits per heavy atom. The largest absolute Gasteiger partial charge is 0.354 e. The molecule has 19 heavy (non-hydrogen) atoms. The number of hydrogen-bond donors (Lipinski definition) is 3. The van der Waals surface area contributed by atoms with Gasteiger partial charge >= 0.3 is 0 Å². The van der Waals surface area contributed by atoms with Gasteiger partial charge in [0, 0.05) is 38.4 Å². The Bertz CT molecular complexity index is 530. The van der Waals surface area contributed by atoms with Gasteiger partial charge in [0.05, 0.1) is 0 Å². The molecule has 0 spiro atoms. The lowest BCUT2D eigenvalue weighted by Gasteiger charge is -2.28. The van der Waals surface area contributed by atoms with E-state index in [1.807, 2.05) is 31.3 Å². The van der Waals surface area contributed by atoms with Crippen molar-refractivity contribution in [1.29, 1.82) is 0 Å². The quantitative estimate of drug-likeness (QED) is 0.773. The van der Waals surface area contributed by atoms with E-state index in [9.17, 15) is 0 Å². The summed E-state index contributed by atoms with van der Waals surface area (Å²) in [6, 6.07) is 5.93. The molecule has 0 amide bonds. The molecule has 3 heterocycles. The third kappa shape index (κ3) is 2.85. The molecule has 6 nitrogen and oxygen atoms in total. The van der Waals surface area contributed by atoms with E-state index in [0.717, 1.165) is 49.5 Å².